The van der Waals surface area contributed by atoms with E-state index in [4.69, 9.17) is 26.6 Å². The molecule has 1 aliphatic rings. The first kappa shape index (κ1) is 30.3. The number of hydrogen-bond acceptors (Lipinski definition) is 7. The summed E-state index contributed by atoms with van der Waals surface area (Å²) in [5, 5.41) is 30.8. The molecule has 0 aromatic heterocycles. The molecule has 0 aliphatic heterocycles. The van der Waals surface area contributed by atoms with Crippen LogP contribution >= 0.6 is 11.6 Å². The molecule has 1 aliphatic carbocycles. The van der Waals surface area contributed by atoms with Crippen molar-refractivity contribution in [3.63, 3.8) is 0 Å². The first-order valence-electron chi connectivity index (χ1n) is 11.4. The summed E-state index contributed by atoms with van der Waals surface area (Å²) in [5.41, 5.74) is 0.210. The van der Waals surface area contributed by atoms with Gasteiger partial charge in [-0.1, -0.05) is 24.4 Å². The third-order valence-corrected chi connectivity index (χ3v) is 6.20. The summed E-state index contributed by atoms with van der Waals surface area (Å²) in [4.78, 5) is 36.8. The zero-order chi connectivity index (χ0) is 26.3. The van der Waals surface area contributed by atoms with Gasteiger partial charge in [0.2, 0.25) is 0 Å². The van der Waals surface area contributed by atoms with Crippen LogP contribution in [0.1, 0.15) is 50.5 Å². The standard InChI is InChI=1S/C13H15ClN2O3.C12H20O4/c1-15-11(13(18)19)6-7-16-8-12(17)9-2-4-10(14)5-3-9;1-16-7-4-10(11(14)15)8-12(9-13)5-2-3-6-12/h2-5,7-8,11,15,17H,6H2,1H3,(H,18,19);9-10H,2-8H2,1H3,(H,14,15)/b12-8-,16-7?;/t;10-/m.1/s1. The monoisotopic (exact) mass is 510 g/mol. The lowest BCUT2D eigenvalue weighted by Crippen LogP contribution is -2.33. The Balaban J connectivity index is 0.000000355. The van der Waals surface area contributed by atoms with E-state index in [-0.39, 0.29) is 17.6 Å². The summed E-state index contributed by atoms with van der Waals surface area (Å²) >= 11 is 5.73. The molecule has 2 atom stereocenters. The molecule has 1 unspecified atom stereocenters. The van der Waals surface area contributed by atoms with Crippen LogP contribution in [0.3, 0.4) is 0 Å². The van der Waals surface area contributed by atoms with Crippen molar-refractivity contribution in [1.82, 2.24) is 5.32 Å². The van der Waals surface area contributed by atoms with Crippen molar-refractivity contribution in [2.75, 3.05) is 20.8 Å². The molecule has 1 aromatic carbocycles. The fourth-order valence-corrected chi connectivity index (χ4v) is 3.97. The van der Waals surface area contributed by atoms with Crippen molar-refractivity contribution >= 4 is 41.8 Å². The fraction of sp³-hybridized carbons (Fsp3) is 0.520. The molecule has 2 rings (SSSR count). The van der Waals surface area contributed by atoms with Crippen molar-refractivity contribution in [3.05, 3.63) is 41.1 Å². The highest BCUT2D eigenvalue weighted by molar-refractivity contribution is 6.30. The number of aliphatic hydroxyl groups is 1. The number of nitrogens with one attached hydrogen (secondary N) is 1. The predicted octanol–water partition coefficient (Wildman–Crippen LogP) is 4.20. The Labute approximate surface area is 210 Å². The molecule has 9 nitrogen and oxygen atoms in total. The lowest BCUT2D eigenvalue weighted by atomic mass is 9.78. The van der Waals surface area contributed by atoms with Gasteiger partial charge in [-0.05, 0) is 57.0 Å². The maximum atomic E-state index is 11.1. The number of benzene rings is 1. The second-order valence-electron chi connectivity index (χ2n) is 8.48. The maximum absolute atomic E-state index is 11.1. The van der Waals surface area contributed by atoms with Gasteiger partial charge in [-0.2, -0.15) is 0 Å². The SMILES string of the molecule is CNC(CC=N/C=C(\O)c1ccc(Cl)cc1)C(=O)O.COCC[C@H](CC1(C=O)CCCC1)C(=O)O. The Morgan fingerprint density at radius 3 is 2.29 bits per heavy atom. The minimum Gasteiger partial charge on any atom is -0.506 e. The number of rotatable bonds is 13. The molecule has 1 fully saturated rings. The van der Waals surface area contributed by atoms with Gasteiger partial charge in [-0.25, -0.2) is 0 Å². The van der Waals surface area contributed by atoms with Gasteiger partial charge in [-0.3, -0.25) is 14.6 Å². The molecule has 0 saturated heterocycles. The van der Waals surface area contributed by atoms with Gasteiger partial charge >= 0.3 is 11.9 Å². The smallest absolute Gasteiger partial charge is 0.321 e. The zero-order valence-corrected chi connectivity index (χ0v) is 20.9. The lowest BCUT2D eigenvalue weighted by molar-refractivity contribution is -0.144. The van der Waals surface area contributed by atoms with Crippen LogP contribution in [-0.4, -0.2) is 66.6 Å². The van der Waals surface area contributed by atoms with E-state index in [9.17, 15) is 19.5 Å². The van der Waals surface area contributed by atoms with Gasteiger partial charge in [0.1, 0.15) is 18.1 Å². The third kappa shape index (κ3) is 11.0. The van der Waals surface area contributed by atoms with Crippen molar-refractivity contribution in [2.24, 2.45) is 16.3 Å². The number of ether oxygens (including phenoxy) is 1. The Kier molecular flexibility index (Phi) is 13.9. The molecule has 0 amide bonds. The Morgan fingerprint density at radius 2 is 1.80 bits per heavy atom. The van der Waals surface area contributed by atoms with Gasteiger partial charge in [0, 0.05) is 42.4 Å². The second kappa shape index (κ2) is 16.0. The Morgan fingerprint density at radius 1 is 1.17 bits per heavy atom. The highest BCUT2D eigenvalue weighted by atomic mass is 35.5. The fourth-order valence-electron chi connectivity index (χ4n) is 3.84. The summed E-state index contributed by atoms with van der Waals surface area (Å²) in [6, 6.07) is 5.96. The normalized spacial score (nSPS) is 16.8. The number of nitrogens with zero attached hydrogens (tertiary/aromatic N) is 1. The first-order chi connectivity index (χ1) is 16.7. The third-order valence-electron chi connectivity index (χ3n) is 5.95. The predicted molar refractivity (Wildman–Crippen MR) is 135 cm³/mol. The number of aliphatic hydroxyl groups excluding tert-OH is 1. The van der Waals surface area contributed by atoms with E-state index in [2.05, 4.69) is 10.3 Å². The molecule has 0 radical (unpaired) electrons. The molecule has 1 aromatic rings. The van der Waals surface area contributed by atoms with E-state index in [1.165, 1.54) is 12.4 Å². The van der Waals surface area contributed by atoms with Crippen LogP contribution in [-0.2, 0) is 19.1 Å². The van der Waals surface area contributed by atoms with Crippen LogP contribution < -0.4 is 5.32 Å². The van der Waals surface area contributed by atoms with E-state index >= 15 is 0 Å². The van der Waals surface area contributed by atoms with Crippen LogP contribution in [0.2, 0.25) is 5.02 Å². The second-order valence-corrected chi connectivity index (χ2v) is 8.91. The summed E-state index contributed by atoms with van der Waals surface area (Å²) in [5.74, 6) is -2.22. The van der Waals surface area contributed by atoms with Crippen molar-refractivity contribution in [2.45, 2.75) is 51.0 Å². The highest BCUT2D eigenvalue weighted by Gasteiger charge is 2.37. The highest BCUT2D eigenvalue weighted by Crippen LogP contribution is 2.42. The van der Waals surface area contributed by atoms with Gasteiger partial charge in [-0.15, -0.1) is 0 Å². The van der Waals surface area contributed by atoms with E-state index in [0.717, 1.165) is 32.0 Å². The van der Waals surface area contributed by atoms with Crippen LogP contribution in [0.4, 0.5) is 0 Å². The molecular formula is C25H35ClN2O7. The van der Waals surface area contributed by atoms with Gasteiger partial charge in [0.25, 0.3) is 0 Å². The number of carboxylic acid groups (broad SMARTS) is 2. The number of aliphatic imine (C=N–C) groups is 1. The summed E-state index contributed by atoms with van der Waals surface area (Å²) in [6.07, 6.45) is 8.61. The number of hydrogen-bond donors (Lipinski definition) is 4. The number of aliphatic carboxylic acids is 2. The maximum Gasteiger partial charge on any atom is 0.321 e. The van der Waals surface area contributed by atoms with E-state index in [1.54, 1.807) is 38.4 Å². The van der Waals surface area contributed by atoms with E-state index < -0.39 is 23.9 Å². The minimum absolute atomic E-state index is 0.00995. The van der Waals surface area contributed by atoms with Crippen LogP contribution in [0.25, 0.3) is 5.76 Å². The largest absolute Gasteiger partial charge is 0.506 e. The molecule has 0 spiro atoms. The number of carboxylic acids is 2. The zero-order valence-electron chi connectivity index (χ0n) is 20.2. The summed E-state index contributed by atoms with van der Waals surface area (Å²) < 4.78 is 4.90. The minimum atomic E-state index is -0.945. The van der Waals surface area contributed by atoms with E-state index in [0.29, 0.717) is 30.0 Å². The number of halogens is 1. The number of aldehydes is 1. The topological polar surface area (TPSA) is 146 Å². The average molecular weight is 511 g/mol. The van der Waals surface area contributed by atoms with Gasteiger partial charge in [0.15, 0.2) is 0 Å². The van der Waals surface area contributed by atoms with Gasteiger partial charge in [0.05, 0.1) is 12.1 Å². The van der Waals surface area contributed by atoms with Crippen molar-refractivity contribution < 1.29 is 34.4 Å². The number of carbonyl (C=O) groups is 3. The number of methoxy groups -OCH3 is 1. The molecule has 194 valence electrons. The summed E-state index contributed by atoms with van der Waals surface area (Å²) in [7, 11) is 3.12. The molecule has 35 heavy (non-hydrogen) atoms. The quantitative estimate of drug-likeness (QED) is 0.175. The molecular weight excluding hydrogens is 476 g/mol. The average Bonchev–Trinajstić information content (AvgIpc) is 3.31. The molecule has 0 bridgehead atoms. The number of likely N-dealkylation sites (N-methyl/N-ethyl adjacent to an activating group) is 1. The van der Waals surface area contributed by atoms with Crippen LogP contribution in [0, 0.1) is 11.3 Å². The van der Waals surface area contributed by atoms with Crippen molar-refractivity contribution in [1.29, 1.82) is 0 Å². The van der Waals surface area contributed by atoms with Crippen LogP contribution in [0.15, 0.2) is 35.5 Å². The molecule has 10 heteroatoms. The Hall–Kier alpha value is -2.75. The van der Waals surface area contributed by atoms with E-state index in [1.807, 2.05) is 0 Å². The van der Waals surface area contributed by atoms with Gasteiger partial charge < -0.3 is 30.2 Å². The number of carbonyl (C=O) groups excluding carboxylic acids is 1. The Bertz CT molecular complexity index is 865. The first-order valence-corrected chi connectivity index (χ1v) is 11.8. The summed E-state index contributed by atoms with van der Waals surface area (Å²) in [6.45, 7) is 0.436. The molecule has 4 N–H and O–H groups in total. The van der Waals surface area contributed by atoms with Crippen molar-refractivity contribution in [3.8, 4) is 0 Å². The molecule has 0 heterocycles. The lowest BCUT2D eigenvalue weighted by Gasteiger charge is -2.25. The molecule has 1 saturated carbocycles. The van der Waals surface area contributed by atoms with Crippen LogP contribution in [0.5, 0.6) is 0 Å².